The van der Waals surface area contributed by atoms with Gasteiger partial charge >= 0.3 is 5.97 Å². The molecule has 0 aliphatic carbocycles. The number of pyridine rings is 1. The van der Waals surface area contributed by atoms with Crippen molar-refractivity contribution in [1.29, 1.82) is 0 Å². The second-order valence-corrected chi connectivity index (χ2v) is 3.85. The number of aryl methyl sites for hydroxylation is 1. The van der Waals surface area contributed by atoms with Gasteiger partial charge in [-0.1, -0.05) is 13.0 Å². The molecule has 6 nitrogen and oxygen atoms in total. The highest BCUT2D eigenvalue weighted by Gasteiger charge is 2.15. The summed E-state index contributed by atoms with van der Waals surface area (Å²) >= 11 is 0. The molecule has 19 heavy (non-hydrogen) atoms. The number of esters is 1. The zero-order valence-electron chi connectivity index (χ0n) is 10.8. The van der Waals surface area contributed by atoms with E-state index in [1.807, 2.05) is 19.1 Å². The Labute approximate surface area is 110 Å². The molecule has 98 valence electrons. The summed E-state index contributed by atoms with van der Waals surface area (Å²) < 4.78 is 4.59. The maximum absolute atomic E-state index is 11.4. The van der Waals surface area contributed by atoms with Crippen molar-refractivity contribution in [2.75, 3.05) is 12.8 Å². The number of hydrogen-bond acceptors (Lipinski definition) is 6. The molecule has 0 atom stereocenters. The Bertz CT molecular complexity index is 613. The number of carbonyl (C=O) groups is 1. The van der Waals surface area contributed by atoms with Crippen molar-refractivity contribution in [2.24, 2.45) is 0 Å². The second-order valence-electron chi connectivity index (χ2n) is 3.85. The molecule has 0 spiro atoms. The van der Waals surface area contributed by atoms with Crippen molar-refractivity contribution >= 4 is 11.8 Å². The van der Waals surface area contributed by atoms with Crippen LogP contribution in [0.25, 0.3) is 11.5 Å². The number of carbonyl (C=O) groups excluding carboxylic acids is 1. The molecule has 2 rings (SSSR count). The lowest BCUT2D eigenvalue weighted by Gasteiger charge is -2.07. The van der Waals surface area contributed by atoms with Crippen LogP contribution < -0.4 is 5.73 Å². The normalized spacial score (nSPS) is 10.2. The Morgan fingerprint density at radius 1 is 1.42 bits per heavy atom. The summed E-state index contributed by atoms with van der Waals surface area (Å²) in [7, 11) is 1.28. The minimum Gasteiger partial charge on any atom is -0.465 e. The molecule has 2 heterocycles. The van der Waals surface area contributed by atoms with Gasteiger partial charge in [-0.15, -0.1) is 0 Å². The molecular formula is C13H14N4O2. The summed E-state index contributed by atoms with van der Waals surface area (Å²) in [6.07, 6.45) is 3.84. The van der Waals surface area contributed by atoms with Gasteiger partial charge in [-0.3, -0.25) is 4.98 Å². The SMILES string of the molecule is CCc1cccnc1-c1ncc(C(=O)OC)c(N)n1. The van der Waals surface area contributed by atoms with E-state index in [4.69, 9.17) is 5.73 Å². The number of aromatic nitrogens is 3. The third-order valence-electron chi connectivity index (χ3n) is 2.71. The van der Waals surface area contributed by atoms with Gasteiger partial charge < -0.3 is 10.5 Å². The largest absolute Gasteiger partial charge is 0.465 e. The Balaban J connectivity index is 2.47. The van der Waals surface area contributed by atoms with Gasteiger partial charge in [0, 0.05) is 12.4 Å². The predicted molar refractivity (Wildman–Crippen MR) is 70.4 cm³/mol. The van der Waals surface area contributed by atoms with E-state index < -0.39 is 5.97 Å². The molecule has 0 aliphatic rings. The molecule has 0 saturated carbocycles. The number of ether oxygens (including phenoxy) is 1. The predicted octanol–water partition coefficient (Wildman–Crippen LogP) is 1.47. The molecule has 0 amide bonds. The highest BCUT2D eigenvalue weighted by atomic mass is 16.5. The van der Waals surface area contributed by atoms with Gasteiger partial charge in [-0.05, 0) is 18.1 Å². The van der Waals surface area contributed by atoms with E-state index in [0.717, 1.165) is 12.0 Å². The number of rotatable bonds is 3. The lowest BCUT2D eigenvalue weighted by Crippen LogP contribution is -2.09. The first kappa shape index (κ1) is 12.9. The van der Waals surface area contributed by atoms with Gasteiger partial charge in [0.2, 0.25) is 0 Å². The second kappa shape index (κ2) is 5.43. The van der Waals surface area contributed by atoms with Crippen LogP contribution in [0, 0.1) is 0 Å². The summed E-state index contributed by atoms with van der Waals surface area (Å²) in [5.41, 5.74) is 7.60. The molecule has 0 unspecified atom stereocenters. The molecule has 0 bridgehead atoms. The molecular weight excluding hydrogens is 244 g/mol. The van der Waals surface area contributed by atoms with Gasteiger partial charge in [-0.2, -0.15) is 0 Å². The standard InChI is InChI=1S/C13H14N4O2/c1-3-8-5-4-6-15-10(8)12-16-7-9(11(14)17-12)13(18)19-2/h4-7H,3H2,1-2H3,(H2,14,16,17). The van der Waals surface area contributed by atoms with Crippen LogP contribution in [-0.2, 0) is 11.2 Å². The number of nitrogens with two attached hydrogens (primary N) is 1. The van der Waals surface area contributed by atoms with Crippen LogP contribution >= 0.6 is 0 Å². The molecule has 0 radical (unpaired) electrons. The Hall–Kier alpha value is -2.50. The average molecular weight is 258 g/mol. The van der Waals surface area contributed by atoms with Crippen LogP contribution in [-0.4, -0.2) is 28.0 Å². The Morgan fingerprint density at radius 3 is 2.84 bits per heavy atom. The van der Waals surface area contributed by atoms with Crippen LogP contribution in [0.1, 0.15) is 22.8 Å². The van der Waals surface area contributed by atoms with Gasteiger partial charge in [-0.25, -0.2) is 14.8 Å². The fourth-order valence-electron chi connectivity index (χ4n) is 1.70. The van der Waals surface area contributed by atoms with Gasteiger partial charge in [0.1, 0.15) is 17.1 Å². The van der Waals surface area contributed by atoms with Crippen molar-refractivity contribution in [3.63, 3.8) is 0 Å². The first-order valence-corrected chi connectivity index (χ1v) is 5.82. The van der Waals surface area contributed by atoms with Crippen LogP contribution in [0.4, 0.5) is 5.82 Å². The maximum atomic E-state index is 11.4. The third kappa shape index (κ3) is 2.52. The fraction of sp³-hybridized carbons (Fsp3) is 0.231. The first-order chi connectivity index (χ1) is 9.17. The third-order valence-corrected chi connectivity index (χ3v) is 2.71. The van der Waals surface area contributed by atoms with Crippen LogP contribution in [0.15, 0.2) is 24.5 Å². The Morgan fingerprint density at radius 2 is 2.21 bits per heavy atom. The van der Waals surface area contributed by atoms with Crippen molar-refractivity contribution in [3.8, 4) is 11.5 Å². The zero-order valence-corrected chi connectivity index (χ0v) is 10.8. The molecule has 2 N–H and O–H groups in total. The van der Waals surface area contributed by atoms with Crippen molar-refractivity contribution in [3.05, 3.63) is 35.7 Å². The van der Waals surface area contributed by atoms with Crippen LogP contribution in [0.3, 0.4) is 0 Å². The Kier molecular flexibility index (Phi) is 3.70. The summed E-state index contributed by atoms with van der Waals surface area (Å²) in [6.45, 7) is 2.02. The molecule has 0 aromatic carbocycles. The van der Waals surface area contributed by atoms with E-state index in [1.54, 1.807) is 6.20 Å². The fourth-order valence-corrected chi connectivity index (χ4v) is 1.70. The molecule has 0 saturated heterocycles. The highest BCUT2D eigenvalue weighted by Crippen LogP contribution is 2.20. The number of nitrogen functional groups attached to an aromatic ring is 1. The van der Waals surface area contributed by atoms with Crippen molar-refractivity contribution in [1.82, 2.24) is 15.0 Å². The number of methoxy groups -OCH3 is 1. The van der Waals surface area contributed by atoms with E-state index in [1.165, 1.54) is 13.3 Å². The van der Waals surface area contributed by atoms with Crippen molar-refractivity contribution in [2.45, 2.75) is 13.3 Å². The van der Waals surface area contributed by atoms with E-state index in [9.17, 15) is 4.79 Å². The van der Waals surface area contributed by atoms with Crippen LogP contribution in [0.5, 0.6) is 0 Å². The van der Waals surface area contributed by atoms with E-state index in [-0.39, 0.29) is 11.4 Å². The number of hydrogen-bond donors (Lipinski definition) is 1. The monoisotopic (exact) mass is 258 g/mol. The molecule has 0 aliphatic heterocycles. The smallest absolute Gasteiger partial charge is 0.343 e. The zero-order chi connectivity index (χ0) is 13.8. The van der Waals surface area contributed by atoms with Crippen LogP contribution in [0.2, 0.25) is 0 Å². The minimum absolute atomic E-state index is 0.0876. The topological polar surface area (TPSA) is 91.0 Å². The maximum Gasteiger partial charge on any atom is 0.343 e. The van der Waals surface area contributed by atoms with Gasteiger partial charge in [0.15, 0.2) is 5.82 Å². The lowest BCUT2D eigenvalue weighted by molar-refractivity contribution is 0.0601. The van der Waals surface area contributed by atoms with E-state index in [2.05, 4.69) is 19.7 Å². The minimum atomic E-state index is -0.555. The number of anilines is 1. The molecule has 6 heteroatoms. The summed E-state index contributed by atoms with van der Waals surface area (Å²) in [5.74, 6) is -0.0621. The molecule has 2 aromatic rings. The van der Waals surface area contributed by atoms with Crippen molar-refractivity contribution < 1.29 is 9.53 Å². The van der Waals surface area contributed by atoms with E-state index in [0.29, 0.717) is 11.5 Å². The quantitative estimate of drug-likeness (QED) is 0.838. The first-order valence-electron chi connectivity index (χ1n) is 5.82. The highest BCUT2D eigenvalue weighted by molar-refractivity contribution is 5.93. The lowest BCUT2D eigenvalue weighted by atomic mass is 10.1. The number of nitrogens with zero attached hydrogens (tertiary/aromatic N) is 3. The summed E-state index contributed by atoms with van der Waals surface area (Å²) in [5, 5.41) is 0. The molecule has 2 aromatic heterocycles. The molecule has 0 fully saturated rings. The van der Waals surface area contributed by atoms with Gasteiger partial charge in [0.25, 0.3) is 0 Å². The van der Waals surface area contributed by atoms with Gasteiger partial charge in [0.05, 0.1) is 7.11 Å². The average Bonchev–Trinajstić information content (AvgIpc) is 2.46. The van der Waals surface area contributed by atoms with E-state index >= 15 is 0 Å². The summed E-state index contributed by atoms with van der Waals surface area (Å²) in [6, 6.07) is 3.81. The summed E-state index contributed by atoms with van der Waals surface area (Å²) in [4.78, 5) is 23.9.